The molecule has 1 amide bonds. The Morgan fingerprint density at radius 2 is 2.14 bits per heavy atom. The number of thiazole rings is 1. The number of rotatable bonds is 3. The summed E-state index contributed by atoms with van der Waals surface area (Å²) in [6.45, 7) is 0. The fourth-order valence-electron chi connectivity index (χ4n) is 4.07. The van der Waals surface area contributed by atoms with Gasteiger partial charge in [0.05, 0.1) is 15.6 Å². The minimum Gasteiger partial charge on any atom is -0.349 e. The molecular weight excluding hydrogens is 388 g/mol. The molecule has 148 valence electrons. The van der Waals surface area contributed by atoms with Crippen molar-refractivity contribution in [2.75, 3.05) is 19.4 Å². The Balaban J connectivity index is 1.55. The number of aromatic amines is 2. The first-order chi connectivity index (χ1) is 14.0. The van der Waals surface area contributed by atoms with Crippen molar-refractivity contribution in [2.45, 2.75) is 19.3 Å². The fraction of sp³-hybridized carbons (Fsp3) is 0.300. The second-order valence-corrected chi connectivity index (χ2v) is 8.57. The number of amides is 1. The van der Waals surface area contributed by atoms with Gasteiger partial charge < -0.3 is 20.2 Å². The molecular formula is C20H20N6O2S. The van der Waals surface area contributed by atoms with Crippen LogP contribution in [0, 0.1) is 5.92 Å². The van der Waals surface area contributed by atoms with E-state index < -0.39 is 0 Å². The number of carbonyl (C=O) groups is 1. The average Bonchev–Trinajstić information content (AvgIpc) is 3.26. The molecule has 0 spiro atoms. The van der Waals surface area contributed by atoms with Gasteiger partial charge in [-0.05, 0) is 43.0 Å². The summed E-state index contributed by atoms with van der Waals surface area (Å²) in [5, 5.41) is 4.31. The van der Waals surface area contributed by atoms with Crippen LogP contribution in [0.15, 0.2) is 29.3 Å². The smallest absolute Gasteiger partial charge is 0.305 e. The first kappa shape index (κ1) is 17.9. The minimum atomic E-state index is -0.0714. The van der Waals surface area contributed by atoms with E-state index in [-0.39, 0.29) is 16.7 Å². The van der Waals surface area contributed by atoms with Gasteiger partial charge in [-0.3, -0.25) is 9.59 Å². The molecule has 1 aliphatic carbocycles. The number of hydrogen-bond donors (Lipinski definition) is 3. The molecule has 0 unspecified atom stereocenters. The lowest BCUT2D eigenvalue weighted by Gasteiger charge is -2.24. The van der Waals surface area contributed by atoms with Crippen LogP contribution in [0.25, 0.3) is 21.3 Å². The van der Waals surface area contributed by atoms with Gasteiger partial charge in [-0.15, -0.1) is 0 Å². The summed E-state index contributed by atoms with van der Waals surface area (Å²) >= 11 is 1.18. The van der Waals surface area contributed by atoms with Crippen LogP contribution < -0.4 is 10.2 Å². The maximum Gasteiger partial charge on any atom is 0.305 e. The van der Waals surface area contributed by atoms with E-state index in [4.69, 9.17) is 0 Å². The lowest BCUT2D eigenvalue weighted by Crippen LogP contribution is -2.33. The molecule has 0 saturated carbocycles. The van der Waals surface area contributed by atoms with Gasteiger partial charge in [-0.2, -0.15) is 0 Å². The van der Waals surface area contributed by atoms with Crippen LogP contribution in [-0.2, 0) is 17.6 Å². The summed E-state index contributed by atoms with van der Waals surface area (Å²) < 4.78 is 0.887. The number of benzene rings is 1. The van der Waals surface area contributed by atoms with Crippen LogP contribution in [0.2, 0.25) is 0 Å². The van der Waals surface area contributed by atoms with Crippen molar-refractivity contribution in [3.63, 3.8) is 0 Å². The van der Waals surface area contributed by atoms with E-state index >= 15 is 0 Å². The normalized spacial score (nSPS) is 16.1. The Morgan fingerprint density at radius 1 is 1.28 bits per heavy atom. The van der Waals surface area contributed by atoms with Gasteiger partial charge in [0.15, 0.2) is 0 Å². The van der Waals surface area contributed by atoms with Gasteiger partial charge in [0.25, 0.3) is 0 Å². The molecule has 1 atom stereocenters. The van der Waals surface area contributed by atoms with Crippen molar-refractivity contribution >= 4 is 50.0 Å². The molecule has 0 aliphatic heterocycles. The van der Waals surface area contributed by atoms with E-state index in [1.165, 1.54) is 17.7 Å². The zero-order valence-electron chi connectivity index (χ0n) is 16.1. The summed E-state index contributed by atoms with van der Waals surface area (Å²) in [5.74, 6) is 0.829. The molecule has 0 saturated heterocycles. The van der Waals surface area contributed by atoms with Crippen molar-refractivity contribution < 1.29 is 4.79 Å². The predicted octanol–water partition coefficient (Wildman–Crippen LogP) is 2.80. The molecule has 3 aromatic heterocycles. The number of nitrogens with zero attached hydrogens (tertiary/aromatic N) is 3. The van der Waals surface area contributed by atoms with Gasteiger partial charge in [-0.25, -0.2) is 9.97 Å². The molecule has 3 N–H and O–H groups in total. The van der Waals surface area contributed by atoms with E-state index in [9.17, 15) is 9.59 Å². The number of aryl methyl sites for hydroxylation is 1. The average molecular weight is 408 g/mol. The van der Waals surface area contributed by atoms with Crippen molar-refractivity contribution in [3.8, 4) is 0 Å². The highest BCUT2D eigenvalue weighted by Crippen LogP contribution is 2.35. The van der Waals surface area contributed by atoms with Crippen LogP contribution in [0.1, 0.15) is 17.7 Å². The Hall–Kier alpha value is -3.20. The second-order valence-electron chi connectivity index (χ2n) is 7.55. The zero-order valence-corrected chi connectivity index (χ0v) is 16.9. The van der Waals surface area contributed by atoms with Crippen molar-refractivity contribution in [1.82, 2.24) is 24.8 Å². The first-order valence-corrected chi connectivity index (χ1v) is 10.3. The molecule has 29 heavy (non-hydrogen) atoms. The molecule has 3 heterocycles. The number of carbonyl (C=O) groups excluding carboxylic acids is 1. The number of nitrogens with one attached hydrogen (secondary N) is 3. The molecule has 5 rings (SSSR count). The van der Waals surface area contributed by atoms with Crippen molar-refractivity contribution in [3.05, 3.63) is 45.5 Å². The molecule has 8 nitrogen and oxygen atoms in total. The Morgan fingerprint density at radius 3 is 2.97 bits per heavy atom. The Kier molecular flexibility index (Phi) is 4.13. The quantitative estimate of drug-likeness (QED) is 0.483. The summed E-state index contributed by atoms with van der Waals surface area (Å²) in [7, 11) is 3.60. The highest BCUT2D eigenvalue weighted by atomic mass is 32.1. The lowest BCUT2D eigenvalue weighted by atomic mass is 9.85. The van der Waals surface area contributed by atoms with Gasteiger partial charge in [-0.1, -0.05) is 11.3 Å². The van der Waals surface area contributed by atoms with Crippen LogP contribution in [-0.4, -0.2) is 44.8 Å². The minimum absolute atomic E-state index is 0.0296. The SMILES string of the molecule is CN(C)C(=O)[C@H]1CCc2[nH]c3ncnc(Nc4ccc5[nH]c(=O)sc5c4)c3c2C1. The molecule has 0 radical (unpaired) electrons. The van der Waals surface area contributed by atoms with Gasteiger partial charge in [0, 0.05) is 31.4 Å². The molecule has 1 aliphatic rings. The number of aromatic nitrogens is 4. The van der Waals surface area contributed by atoms with Gasteiger partial charge in [0.1, 0.15) is 17.8 Å². The number of anilines is 2. The molecule has 1 aromatic carbocycles. The zero-order chi connectivity index (χ0) is 20.1. The molecule has 9 heteroatoms. The largest absolute Gasteiger partial charge is 0.349 e. The lowest BCUT2D eigenvalue weighted by molar-refractivity contribution is -0.133. The number of H-pyrrole nitrogens is 2. The van der Waals surface area contributed by atoms with Crippen LogP contribution in [0.3, 0.4) is 0 Å². The van der Waals surface area contributed by atoms with E-state index in [0.29, 0.717) is 12.2 Å². The molecule has 0 bridgehead atoms. The summed E-state index contributed by atoms with van der Waals surface area (Å²) in [6.07, 6.45) is 3.85. The third-order valence-corrected chi connectivity index (χ3v) is 6.29. The van der Waals surface area contributed by atoms with Crippen LogP contribution in [0.5, 0.6) is 0 Å². The van der Waals surface area contributed by atoms with Crippen LogP contribution in [0.4, 0.5) is 11.5 Å². The molecule has 0 fully saturated rings. The maximum atomic E-state index is 12.5. The van der Waals surface area contributed by atoms with E-state index in [1.807, 2.05) is 18.2 Å². The summed E-state index contributed by atoms with van der Waals surface area (Å²) in [6, 6.07) is 5.73. The topological polar surface area (TPSA) is 107 Å². The van der Waals surface area contributed by atoms with Gasteiger partial charge in [0.2, 0.25) is 5.91 Å². The standard InChI is InChI=1S/C20H20N6O2S/c1-26(2)19(27)10-3-5-13-12(7-10)16-17(21-9-22-18(16)24-13)23-11-4-6-14-15(8-11)29-20(28)25-14/h4,6,8-10H,3,5,7H2,1-2H3,(H,25,28)(H2,21,22,23,24)/t10-/m0/s1. The van der Waals surface area contributed by atoms with E-state index in [1.54, 1.807) is 19.0 Å². The highest BCUT2D eigenvalue weighted by Gasteiger charge is 2.29. The maximum absolute atomic E-state index is 12.5. The van der Waals surface area contributed by atoms with Crippen LogP contribution >= 0.6 is 11.3 Å². The van der Waals surface area contributed by atoms with E-state index in [0.717, 1.165) is 51.0 Å². The van der Waals surface area contributed by atoms with Gasteiger partial charge >= 0.3 is 4.87 Å². The monoisotopic (exact) mass is 408 g/mol. The predicted molar refractivity (Wildman–Crippen MR) is 114 cm³/mol. The Labute approximate surface area is 170 Å². The number of hydrogen-bond acceptors (Lipinski definition) is 6. The fourth-order valence-corrected chi connectivity index (χ4v) is 4.85. The summed E-state index contributed by atoms with van der Waals surface area (Å²) in [5.41, 5.74) is 4.69. The second kappa shape index (κ2) is 6.70. The third-order valence-electron chi connectivity index (χ3n) is 5.45. The van der Waals surface area contributed by atoms with Crippen molar-refractivity contribution in [2.24, 2.45) is 5.92 Å². The van der Waals surface area contributed by atoms with E-state index in [2.05, 4.69) is 25.3 Å². The first-order valence-electron chi connectivity index (χ1n) is 9.45. The summed E-state index contributed by atoms with van der Waals surface area (Å²) in [4.78, 5) is 40.8. The number of fused-ring (bicyclic) bond motifs is 4. The molecule has 4 aromatic rings. The highest BCUT2D eigenvalue weighted by molar-refractivity contribution is 7.16. The van der Waals surface area contributed by atoms with Crippen molar-refractivity contribution in [1.29, 1.82) is 0 Å². The third kappa shape index (κ3) is 3.07. The Bertz CT molecular complexity index is 1300.